The first-order chi connectivity index (χ1) is 11.6. The first kappa shape index (κ1) is 15.7. The Morgan fingerprint density at radius 1 is 1.12 bits per heavy atom. The van der Waals surface area contributed by atoms with Crippen molar-refractivity contribution in [2.24, 2.45) is 5.92 Å². The van der Waals surface area contributed by atoms with E-state index < -0.39 is 17.8 Å². The van der Waals surface area contributed by atoms with Crippen molar-refractivity contribution >= 4 is 22.6 Å². The zero-order valence-electron chi connectivity index (χ0n) is 12.8. The average molecular weight is 324 g/mol. The molecular weight excluding hydrogens is 308 g/mol. The van der Waals surface area contributed by atoms with Crippen LogP contribution in [0.5, 0.6) is 0 Å². The van der Waals surface area contributed by atoms with Crippen LogP contribution in [-0.4, -0.2) is 28.7 Å². The fourth-order valence-electron chi connectivity index (χ4n) is 2.53. The molecule has 0 fully saturated rings. The molecule has 0 aliphatic carbocycles. The first-order valence-corrected chi connectivity index (χ1v) is 7.52. The molecule has 2 N–H and O–H groups in total. The van der Waals surface area contributed by atoms with Gasteiger partial charge in [-0.25, -0.2) is 0 Å². The Morgan fingerprint density at radius 3 is 2.62 bits per heavy atom. The maximum Gasteiger partial charge on any atom is 0.308 e. The van der Waals surface area contributed by atoms with Gasteiger partial charge in [0.1, 0.15) is 6.26 Å². The Morgan fingerprint density at radius 2 is 1.92 bits per heavy atom. The Balaban J connectivity index is 1.68. The van der Waals surface area contributed by atoms with Crippen LogP contribution in [0.1, 0.15) is 16.1 Å². The van der Waals surface area contributed by atoms with Crippen molar-refractivity contribution in [3.63, 3.8) is 0 Å². The summed E-state index contributed by atoms with van der Waals surface area (Å²) in [4.78, 5) is 23.3. The van der Waals surface area contributed by atoms with E-state index in [9.17, 15) is 14.7 Å². The van der Waals surface area contributed by atoms with Crippen molar-refractivity contribution in [1.29, 1.82) is 0 Å². The summed E-state index contributed by atoms with van der Waals surface area (Å²) in [7, 11) is 0. The van der Waals surface area contributed by atoms with Crippen molar-refractivity contribution in [2.75, 3.05) is 6.54 Å². The van der Waals surface area contributed by atoms with Gasteiger partial charge in [-0.05, 0) is 22.8 Å². The molecular formula is C18H16N2O4. The quantitative estimate of drug-likeness (QED) is 0.727. The largest absolute Gasteiger partial charge is 0.481 e. The number of nitrogens with one attached hydrogen (secondary N) is 1. The first-order valence-electron chi connectivity index (χ1n) is 7.52. The number of aromatic nitrogens is 1. The molecule has 0 radical (unpaired) electrons. The van der Waals surface area contributed by atoms with Crippen LogP contribution in [0.15, 0.2) is 59.3 Å². The van der Waals surface area contributed by atoms with Gasteiger partial charge in [-0.3, -0.25) is 9.59 Å². The van der Waals surface area contributed by atoms with E-state index in [4.69, 9.17) is 0 Å². The number of aliphatic carboxylic acids is 1. The molecule has 1 aromatic heterocycles. The predicted octanol–water partition coefficient (Wildman–Crippen LogP) is 2.50. The molecule has 2 aromatic carbocycles. The van der Waals surface area contributed by atoms with E-state index in [1.165, 1.54) is 12.3 Å². The molecule has 0 saturated carbocycles. The number of hydrogen-bond donors (Lipinski definition) is 2. The summed E-state index contributed by atoms with van der Waals surface area (Å²) in [5, 5.41) is 17.7. The number of fused-ring (bicyclic) bond motifs is 1. The minimum absolute atomic E-state index is 0.0217. The van der Waals surface area contributed by atoms with Crippen molar-refractivity contribution in [3.8, 4) is 0 Å². The van der Waals surface area contributed by atoms with Crippen LogP contribution >= 0.6 is 0 Å². The fourth-order valence-corrected chi connectivity index (χ4v) is 2.53. The lowest BCUT2D eigenvalue weighted by Crippen LogP contribution is -2.34. The number of carboxylic acid groups (broad SMARTS) is 1. The summed E-state index contributed by atoms with van der Waals surface area (Å²) in [5.41, 5.74) is 1.04. The highest BCUT2D eigenvalue weighted by atomic mass is 16.5. The van der Waals surface area contributed by atoms with Crippen LogP contribution in [0.4, 0.5) is 0 Å². The van der Waals surface area contributed by atoms with Crippen molar-refractivity contribution in [3.05, 3.63) is 66.1 Å². The van der Waals surface area contributed by atoms with Crippen LogP contribution < -0.4 is 5.32 Å². The third-order valence-electron chi connectivity index (χ3n) is 3.82. The van der Waals surface area contributed by atoms with E-state index in [1.807, 2.05) is 42.5 Å². The van der Waals surface area contributed by atoms with Crippen LogP contribution in [0, 0.1) is 5.92 Å². The fraction of sp³-hybridized carbons (Fsp3) is 0.167. The zero-order valence-corrected chi connectivity index (χ0v) is 12.8. The summed E-state index contributed by atoms with van der Waals surface area (Å²) in [6.45, 7) is 0.0217. The SMILES string of the molecule is O=C(NC[C@H](Cc1ccc2ccccc2c1)C(=O)O)c1ccon1. The Bertz CT molecular complexity index is 858. The van der Waals surface area contributed by atoms with Gasteiger partial charge in [-0.2, -0.15) is 0 Å². The van der Waals surface area contributed by atoms with E-state index in [1.54, 1.807) is 0 Å². The van der Waals surface area contributed by atoms with Crippen molar-refractivity contribution < 1.29 is 19.2 Å². The Kier molecular flexibility index (Phi) is 4.56. The van der Waals surface area contributed by atoms with E-state index >= 15 is 0 Å². The molecule has 1 atom stereocenters. The smallest absolute Gasteiger partial charge is 0.308 e. The van der Waals surface area contributed by atoms with Gasteiger partial charge in [0.25, 0.3) is 5.91 Å². The molecule has 122 valence electrons. The molecule has 6 nitrogen and oxygen atoms in total. The second kappa shape index (κ2) is 6.95. The summed E-state index contributed by atoms with van der Waals surface area (Å²) < 4.78 is 4.60. The second-order valence-corrected chi connectivity index (χ2v) is 5.52. The van der Waals surface area contributed by atoms with E-state index in [0.717, 1.165) is 16.3 Å². The molecule has 1 amide bonds. The van der Waals surface area contributed by atoms with Gasteiger partial charge in [-0.15, -0.1) is 0 Å². The van der Waals surface area contributed by atoms with Gasteiger partial charge in [0.05, 0.1) is 5.92 Å². The Hall–Kier alpha value is -3.15. The number of benzene rings is 2. The average Bonchev–Trinajstić information content (AvgIpc) is 3.12. The summed E-state index contributed by atoms with van der Waals surface area (Å²) >= 11 is 0. The van der Waals surface area contributed by atoms with Crippen LogP contribution in [0.2, 0.25) is 0 Å². The molecule has 0 aliphatic rings. The van der Waals surface area contributed by atoms with Gasteiger partial charge in [0.15, 0.2) is 5.69 Å². The molecule has 0 bridgehead atoms. The number of rotatable bonds is 6. The van der Waals surface area contributed by atoms with Gasteiger partial charge >= 0.3 is 5.97 Å². The molecule has 6 heteroatoms. The molecule has 3 rings (SSSR count). The third-order valence-corrected chi connectivity index (χ3v) is 3.82. The second-order valence-electron chi connectivity index (χ2n) is 5.52. The van der Waals surface area contributed by atoms with Gasteiger partial charge < -0.3 is 14.9 Å². The van der Waals surface area contributed by atoms with Crippen molar-refractivity contribution in [2.45, 2.75) is 6.42 Å². The minimum atomic E-state index is -0.955. The van der Waals surface area contributed by atoms with Crippen LogP contribution in [0.25, 0.3) is 10.8 Å². The molecule has 1 heterocycles. The molecule has 24 heavy (non-hydrogen) atoms. The Labute approximate surface area is 138 Å². The molecule has 0 spiro atoms. The van der Waals surface area contributed by atoms with E-state index in [2.05, 4.69) is 15.0 Å². The monoisotopic (exact) mass is 324 g/mol. The normalized spacial score (nSPS) is 12.0. The lowest BCUT2D eigenvalue weighted by atomic mass is 9.97. The van der Waals surface area contributed by atoms with Gasteiger partial charge in [-0.1, -0.05) is 47.6 Å². The molecule has 0 aliphatic heterocycles. The van der Waals surface area contributed by atoms with Crippen molar-refractivity contribution in [1.82, 2.24) is 10.5 Å². The molecule has 3 aromatic rings. The lowest BCUT2D eigenvalue weighted by Gasteiger charge is -2.13. The van der Waals surface area contributed by atoms with Gasteiger partial charge in [0.2, 0.25) is 0 Å². The highest BCUT2D eigenvalue weighted by molar-refractivity contribution is 5.92. The number of hydrogen-bond acceptors (Lipinski definition) is 4. The summed E-state index contributed by atoms with van der Waals surface area (Å²) in [6, 6.07) is 15.2. The number of carbonyl (C=O) groups excluding carboxylic acids is 1. The summed E-state index contributed by atoms with van der Waals surface area (Å²) in [5.74, 6) is -2.13. The highest BCUT2D eigenvalue weighted by Gasteiger charge is 2.20. The van der Waals surface area contributed by atoms with E-state index in [0.29, 0.717) is 6.42 Å². The van der Waals surface area contributed by atoms with Crippen LogP contribution in [-0.2, 0) is 11.2 Å². The predicted molar refractivity (Wildman–Crippen MR) is 87.6 cm³/mol. The maximum atomic E-state index is 11.8. The maximum absolute atomic E-state index is 11.8. The highest BCUT2D eigenvalue weighted by Crippen LogP contribution is 2.18. The summed E-state index contributed by atoms with van der Waals surface area (Å²) in [6.07, 6.45) is 1.62. The zero-order chi connectivity index (χ0) is 16.9. The number of carboxylic acids is 1. The van der Waals surface area contributed by atoms with Gasteiger partial charge in [0, 0.05) is 12.6 Å². The number of carbonyl (C=O) groups is 2. The standard InChI is InChI=1S/C18H16N2O4/c21-17(16-7-8-24-20-16)19-11-15(18(22)23)10-12-5-6-13-3-1-2-4-14(13)9-12/h1-9,15H,10-11H2,(H,19,21)(H,22,23)/t15-/m0/s1. The third kappa shape index (κ3) is 3.60. The van der Waals surface area contributed by atoms with E-state index in [-0.39, 0.29) is 12.2 Å². The molecule has 0 unspecified atom stereocenters. The lowest BCUT2D eigenvalue weighted by molar-refractivity contribution is -0.141. The minimum Gasteiger partial charge on any atom is -0.481 e. The molecule has 0 saturated heterocycles. The van der Waals surface area contributed by atoms with Crippen LogP contribution in [0.3, 0.4) is 0 Å². The number of amides is 1. The topological polar surface area (TPSA) is 92.4 Å². The number of nitrogens with zero attached hydrogens (tertiary/aromatic N) is 1.